The number of hydrogen-bond donors (Lipinski definition) is 2. The number of aryl methyl sites for hydroxylation is 1. The Morgan fingerprint density at radius 1 is 1.27 bits per heavy atom. The predicted molar refractivity (Wildman–Crippen MR) is 87.4 cm³/mol. The van der Waals surface area contributed by atoms with Crippen molar-refractivity contribution in [3.05, 3.63) is 42.2 Å². The average Bonchev–Trinajstić information content (AvgIpc) is 2.48. The Hall–Kier alpha value is -2.43. The summed E-state index contributed by atoms with van der Waals surface area (Å²) in [7, 11) is 1.68. The van der Waals surface area contributed by atoms with Crippen molar-refractivity contribution in [2.45, 2.75) is 31.9 Å². The first kappa shape index (κ1) is 14.5. The highest BCUT2D eigenvalue weighted by molar-refractivity contribution is 5.64. The number of nitrogens with one attached hydrogen (secondary N) is 1. The minimum atomic E-state index is 0.230. The molecule has 3 rings (SSSR count). The van der Waals surface area contributed by atoms with E-state index in [0.29, 0.717) is 11.7 Å². The molecule has 5 nitrogen and oxygen atoms in total. The van der Waals surface area contributed by atoms with Crippen molar-refractivity contribution >= 4 is 11.4 Å². The van der Waals surface area contributed by atoms with E-state index in [2.05, 4.69) is 10.3 Å². The van der Waals surface area contributed by atoms with Crippen LogP contribution in [0.2, 0.25) is 0 Å². The lowest BCUT2D eigenvalue weighted by Gasteiger charge is -2.36. The van der Waals surface area contributed by atoms with Crippen LogP contribution in [0.4, 0.5) is 11.4 Å². The van der Waals surface area contributed by atoms with E-state index in [1.54, 1.807) is 19.5 Å². The maximum absolute atomic E-state index is 5.98. The zero-order valence-corrected chi connectivity index (χ0v) is 12.9. The summed E-state index contributed by atoms with van der Waals surface area (Å²) in [4.78, 5) is 3.99. The summed E-state index contributed by atoms with van der Waals surface area (Å²) in [5.74, 6) is 1.71. The molecule has 0 saturated heterocycles. The maximum Gasteiger partial charge on any atom is 0.125 e. The molecule has 0 atom stereocenters. The van der Waals surface area contributed by atoms with E-state index >= 15 is 0 Å². The van der Waals surface area contributed by atoms with Crippen LogP contribution in [0, 0.1) is 6.92 Å². The minimum Gasteiger partial charge on any atom is -0.496 e. The first-order valence-electron chi connectivity index (χ1n) is 7.43. The van der Waals surface area contributed by atoms with E-state index in [-0.39, 0.29) is 6.10 Å². The Balaban J connectivity index is 1.53. The van der Waals surface area contributed by atoms with E-state index < -0.39 is 0 Å². The Labute approximate surface area is 130 Å². The molecule has 1 saturated carbocycles. The van der Waals surface area contributed by atoms with E-state index in [1.807, 2.05) is 31.2 Å². The fourth-order valence-corrected chi connectivity index (χ4v) is 2.60. The number of nitrogen functional groups attached to an aromatic ring is 1. The van der Waals surface area contributed by atoms with Crippen LogP contribution in [0.1, 0.15) is 18.4 Å². The van der Waals surface area contributed by atoms with Gasteiger partial charge in [-0.1, -0.05) is 6.07 Å². The van der Waals surface area contributed by atoms with Crippen LogP contribution in [-0.2, 0) is 0 Å². The Bertz CT molecular complexity index is 654. The van der Waals surface area contributed by atoms with Crippen molar-refractivity contribution in [2.24, 2.45) is 0 Å². The van der Waals surface area contributed by atoms with Crippen LogP contribution in [0.5, 0.6) is 11.5 Å². The second-order valence-electron chi connectivity index (χ2n) is 5.65. The van der Waals surface area contributed by atoms with Gasteiger partial charge in [-0.05, 0) is 24.6 Å². The third-order valence-corrected chi connectivity index (χ3v) is 3.99. The molecule has 0 spiro atoms. The molecule has 0 unspecified atom stereocenters. The van der Waals surface area contributed by atoms with Gasteiger partial charge in [0.05, 0.1) is 24.7 Å². The van der Waals surface area contributed by atoms with Crippen LogP contribution in [0.25, 0.3) is 0 Å². The molecule has 1 aromatic heterocycles. The van der Waals surface area contributed by atoms with Gasteiger partial charge in [0, 0.05) is 31.1 Å². The van der Waals surface area contributed by atoms with Gasteiger partial charge in [-0.25, -0.2) is 0 Å². The zero-order valence-electron chi connectivity index (χ0n) is 12.9. The monoisotopic (exact) mass is 299 g/mol. The van der Waals surface area contributed by atoms with Crippen LogP contribution in [0.3, 0.4) is 0 Å². The second-order valence-corrected chi connectivity index (χ2v) is 5.65. The summed E-state index contributed by atoms with van der Waals surface area (Å²) in [6, 6.07) is 8.23. The molecule has 1 aromatic carbocycles. The number of nitrogens with two attached hydrogens (primary N) is 1. The molecule has 1 heterocycles. The fourth-order valence-electron chi connectivity index (χ4n) is 2.60. The van der Waals surface area contributed by atoms with Crippen molar-refractivity contribution in [1.29, 1.82) is 0 Å². The molecular weight excluding hydrogens is 278 g/mol. The summed E-state index contributed by atoms with van der Waals surface area (Å²) >= 11 is 0. The van der Waals surface area contributed by atoms with Crippen molar-refractivity contribution in [2.75, 3.05) is 18.2 Å². The molecule has 1 aliphatic rings. The van der Waals surface area contributed by atoms with Crippen molar-refractivity contribution in [1.82, 2.24) is 4.98 Å². The Morgan fingerprint density at radius 3 is 2.82 bits per heavy atom. The molecule has 0 radical (unpaired) electrons. The number of aromatic nitrogens is 1. The van der Waals surface area contributed by atoms with Gasteiger partial charge >= 0.3 is 0 Å². The summed E-state index contributed by atoms with van der Waals surface area (Å²) in [6.07, 6.45) is 5.54. The van der Waals surface area contributed by atoms with E-state index in [1.165, 1.54) is 0 Å². The molecule has 22 heavy (non-hydrogen) atoms. The topological polar surface area (TPSA) is 69.4 Å². The van der Waals surface area contributed by atoms with E-state index in [0.717, 1.165) is 35.6 Å². The van der Waals surface area contributed by atoms with Crippen LogP contribution in [-0.4, -0.2) is 24.2 Å². The van der Waals surface area contributed by atoms with E-state index in [4.69, 9.17) is 15.2 Å². The van der Waals surface area contributed by atoms with Crippen LogP contribution in [0.15, 0.2) is 36.7 Å². The van der Waals surface area contributed by atoms with Gasteiger partial charge in [-0.2, -0.15) is 0 Å². The number of rotatable bonds is 5. The largest absolute Gasteiger partial charge is 0.496 e. The number of anilines is 2. The molecule has 2 aromatic rings. The molecule has 116 valence electrons. The van der Waals surface area contributed by atoms with Crippen molar-refractivity contribution < 1.29 is 9.47 Å². The zero-order chi connectivity index (χ0) is 15.5. The number of methoxy groups -OCH3 is 1. The molecule has 3 N–H and O–H groups in total. The van der Waals surface area contributed by atoms with Gasteiger partial charge in [0.2, 0.25) is 0 Å². The summed E-state index contributed by atoms with van der Waals surface area (Å²) < 4.78 is 11.3. The van der Waals surface area contributed by atoms with Gasteiger partial charge in [-0.15, -0.1) is 0 Å². The molecule has 0 bridgehead atoms. The first-order chi connectivity index (χ1) is 10.7. The Morgan fingerprint density at radius 2 is 2.09 bits per heavy atom. The summed E-state index contributed by atoms with van der Waals surface area (Å²) in [5, 5.41) is 3.42. The highest BCUT2D eigenvalue weighted by Gasteiger charge is 2.31. The molecule has 0 aliphatic heterocycles. The predicted octanol–water partition coefficient (Wildman–Crippen LogP) is 3.00. The van der Waals surface area contributed by atoms with Crippen molar-refractivity contribution in [3.8, 4) is 11.5 Å². The smallest absolute Gasteiger partial charge is 0.125 e. The number of nitrogens with zero attached hydrogens (tertiary/aromatic N) is 1. The SMILES string of the molecule is COc1cc(O[C@H]2C[C@H](Nc3ccncc3N)C2)ccc1C. The lowest BCUT2D eigenvalue weighted by molar-refractivity contribution is 0.108. The lowest BCUT2D eigenvalue weighted by atomic mass is 9.89. The van der Waals surface area contributed by atoms with Gasteiger partial charge in [0.15, 0.2) is 0 Å². The standard InChI is InChI=1S/C17H21N3O2/c1-11-3-4-13(9-17(11)21-2)22-14-7-12(8-14)20-16-5-6-19-10-15(16)18/h3-6,9-10,12,14H,7-8,18H2,1-2H3,(H,19,20)/t12-,14-. The quantitative estimate of drug-likeness (QED) is 0.888. The number of benzene rings is 1. The molecule has 1 aliphatic carbocycles. The van der Waals surface area contributed by atoms with Crippen LogP contribution < -0.4 is 20.5 Å². The lowest BCUT2D eigenvalue weighted by Crippen LogP contribution is -2.42. The van der Waals surface area contributed by atoms with Gasteiger partial charge in [-0.3, -0.25) is 4.98 Å². The van der Waals surface area contributed by atoms with Gasteiger partial charge in [0.25, 0.3) is 0 Å². The normalized spacial score (nSPS) is 20.1. The molecule has 5 heteroatoms. The highest BCUT2D eigenvalue weighted by Crippen LogP contribution is 2.32. The third kappa shape index (κ3) is 3.08. The first-order valence-corrected chi connectivity index (χ1v) is 7.43. The summed E-state index contributed by atoms with van der Waals surface area (Å²) in [6.45, 7) is 2.02. The molecular formula is C17H21N3O2. The van der Waals surface area contributed by atoms with Crippen molar-refractivity contribution in [3.63, 3.8) is 0 Å². The highest BCUT2D eigenvalue weighted by atomic mass is 16.5. The average molecular weight is 299 g/mol. The third-order valence-electron chi connectivity index (χ3n) is 3.99. The van der Waals surface area contributed by atoms with Crippen LogP contribution >= 0.6 is 0 Å². The van der Waals surface area contributed by atoms with E-state index in [9.17, 15) is 0 Å². The van der Waals surface area contributed by atoms with Gasteiger partial charge < -0.3 is 20.5 Å². The Kier molecular flexibility index (Phi) is 4.04. The fraction of sp³-hybridized carbons (Fsp3) is 0.353. The summed E-state index contributed by atoms with van der Waals surface area (Å²) in [5.41, 5.74) is 8.61. The van der Waals surface area contributed by atoms with Gasteiger partial charge in [0.1, 0.15) is 17.6 Å². The molecule has 0 amide bonds. The number of pyridine rings is 1. The second kappa shape index (κ2) is 6.13. The number of ether oxygens (including phenoxy) is 2. The molecule has 1 fully saturated rings. The number of hydrogen-bond acceptors (Lipinski definition) is 5. The maximum atomic E-state index is 5.98. The minimum absolute atomic E-state index is 0.230.